The monoisotopic (exact) mass is 814 g/mol. The first-order chi connectivity index (χ1) is 31.8. The number of hydrogen-bond acceptors (Lipinski definition) is 1. The molecule has 0 amide bonds. The molecule has 0 bridgehead atoms. The van der Waals surface area contributed by atoms with E-state index in [2.05, 4.69) is 264 Å². The summed E-state index contributed by atoms with van der Waals surface area (Å²) in [5, 5.41) is 7.47. The molecule has 0 spiro atoms. The number of fused-ring (bicyclic) bond motifs is 6. The van der Waals surface area contributed by atoms with Gasteiger partial charge in [0.05, 0.1) is 22.4 Å². The van der Waals surface area contributed by atoms with E-state index in [1.165, 1.54) is 88.0 Å². The zero-order chi connectivity index (χ0) is 42.4. The highest BCUT2D eigenvalue weighted by molar-refractivity contribution is 6.18. The van der Waals surface area contributed by atoms with Crippen molar-refractivity contribution in [2.75, 3.05) is 4.90 Å². The highest BCUT2D eigenvalue weighted by atomic mass is 15.1. The Balaban J connectivity index is 1.02. The number of aromatic nitrogens is 1. The fourth-order valence-corrected chi connectivity index (χ4v) is 9.80. The van der Waals surface area contributed by atoms with E-state index in [0.29, 0.717) is 0 Å². The molecule has 2 nitrogen and oxygen atoms in total. The van der Waals surface area contributed by atoms with Gasteiger partial charge in [-0.3, -0.25) is 0 Å². The molecule has 0 radical (unpaired) electrons. The first-order valence-electron chi connectivity index (χ1n) is 22.0. The van der Waals surface area contributed by atoms with Crippen molar-refractivity contribution >= 4 is 60.4 Å². The van der Waals surface area contributed by atoms with Crippen LogP contribution in [0.5, 0.6) is 0 Å². The number of para-hydroxylation sites is 2. The molecule has 300 valence electrons. The molecule has 0 saturated heterocycles. The highest BCUT2D eigenvalue weighted by Crippen LogP contribution is 2.45. The summed E-state index contributed by atoms with van der Waals surface area (Å²) < 4.78 is 2.48. The molecule has 0 unspecified atom stereocenters. The van der Waals surface area contributed by atoms with E-state index in [4.69, 9.17) is 0 Å². The summed E-state index contributed by atoms with van der Waals surface area (Å²) in [6.07, 6.45) is 0. The van der Waals surface area contributed by atoms with Crippen LogP contribution in [0, 0.1) is 0 Å². The maximum absolute atomic E-state index is 2.48. The predicted molar refractivity (Wildman–Crippen MR) is 272 cm³/mol. The standard InChI is InChI=1S/C62H42N2/c1-3-17-43(18-4-1)44-33-35-45(36-34-44)46-37-39-50(40-38-46)63(58-30-13-11-25-53(58)47-19-5-2-6-20-47)51-23-15-22-48(41-51)54-29-16-32-60-62(54)57-28-12-14-31-59(57)64(60)61-42-49-21-7-8-24-52(49)55-26-9-10-27-56(55)61/h1-42H. The molecule has 0 N–H and O–H groups in total. The fourth-order valence-electron chi connectivity index (χ4n) is 9.80. The molecular weight excluding hydrogens is 773 g/mol. The molecule has 0 fully saturated rings. The number of anilines is 3. The van der Waals surface area contributed by atoms with Crippen LogP contribution >= 0.6 is 0 Å². The molecule has 1 heterocycles. The van der Waals surface area contributed by atoms with Crippen LogP contribution in [0.1, 0.15) is 0 Å². The van der Waals surface area contributed by atoms with E-state index in [1.807, 2.05) is 0 Å². The Labute approximate surface area is 373 Å². The van der Waals surface area contributed by atoms with Crippen molar-refractivity contribution in [3.8, 4) is 50.2 Å². The van der Waals surface area contributed by atoms with E-state index in [1.54, 1.807) is 0 Å². The van der Waals surface area contributed by atoms with Gasteiger partial charge in [-0.2, -0.15) is 0 Å². The van der Waals surface area contributed by atoms with E-state index < -0.39 is 0 Å². The Kier molecular flexibility index (Phi) is 9.20. The van der Waals surface area contributed by atoms with Gasteiger partial charge in [0.15, 0.2) is 0 Å². The van der Waals surface area contributed by atoms with Crippen LogP contribution in [0.25, 0.3) is 93.5 Å². The zero-order valence-corrected chi connectivity index (χ0v) is 35.1. The Morgan fingerprint density at radius 2 is 0.797 bits per heavy atom. The average molecular weight is 815 g/mol. The van der Waals surface area contributed by atoms with Gasteiger partial charge in [0.1, 0.15) is 0 Å². The van der Waals surface area contributed by atoms with Crippen LogP contribution < -0.4 is 4.90 Å². The Hall–Kier alpha value is -8.46. The third-order valence-electron chi connectivity index (χ3n) is 12.8. The number of benzene rings is 11. The van der Waals surface area contributed by atoms with Crippen molar-refractivity contribution in [3.05, 3.63) is 255 Å². The molecule has 0 aliphatic heterocycles. The van der Waals surface area contributed by atoms with Crippen LogP contribution in [0.4, 0.5) is 17.1 Å². The van der Waals surface area contributed by atoms with Gasteiger partial charge >= 0.3 is 0 Å². The topological polar surface area (TPSA) is 8.17 Å². The fraction of sp³-hybridized carbons (Fsp3) is 0. The molecule has 64 heavy (non-hydrogen) atoms. The summed E-state index contributed by atoms with van der Waals surface area (Å²) in [6.45, 7) is 0. The number of nitrogens with zero attached hydrogens (tertiary/aromatic N) is 2. The summed E-state index contributed by atoms with van der Waals surface area (Å²) in [6, 6.07) is 92.6. The lowest BCUT2D eigenvalue weighted by Crippen LogP contribution is -2.11. The van der Waals surface area contributed by atoms with Crippen molar-refractivity contribution in [1.29, 1.82) is 0 Å². The number of rotatable bonds is 8. The van der Waals surface area contributed by atoms with Gasteiger partial charge in [0.25, 0.3) is 0 Å². The lowest BCUT2D eigenvalue weighted by Gasteiger charge is -2.28. The molecule has 12 rings (SSSR count). The molecule has 2 heteroatoms. The maximum atomic E-state index is 2.48. The second-order valence-corrected chi connectivity index (χ2v) is 16.5. The first-order valence-corrected chi connectivity index (χ1v) is 22.0. The van der Waals surface area contributed by atoms with Crippen molar-refractivity contribution in [2.24, 2.45) is 0 Å². The van der Waals surface area contributed by atoms with Gasteiger partial charge in [0.2, 0.25) is 0 Å². The van der Waals surface area contributed by atoms with Gasteiger partial charge in [-0.05, 0) is 104 Å². The Morgan fingerprint density at radius 3 is 1.55 bits per heavy atom. The zero-order valence-electron chi connectivity index (χ0n) is 35.1. The third-order valence-corrected chi connectivity index (χ3v) is 12.8. The predicted octanol–water partition coefficient (Wildman–Crippen LogP) is 17.2. The van der Waals surface area contributed by atoms with E-state index in [9.17, 15) is 0 Å². The summed E-state index contributed by atoms with van der Waals surface area (Å²) in [5.41, 5.74) is 16.3. The van der Waals surface area contributed by atoms with Gasteiger partial charge in [-0.1, -0.05) is 206 Å². The smallest absolute Gasteiger partial charge is 0.0547 e. The molecule has 12 aromatic rings. The van der Waals surface area contributed by atoms with Gasteiger partial charge in [-0.15, -0.1) is 0 Å². The van der Waals surface area contributed by atoms with Crippen molar-refractivity contribution < 1.29 is 0 Å². The minimum absolute atomic E-state index is 1.09. The second kappa shape index (κ2) is 15.8. The molecule has 1 aromatic heterocycles. The SMILES string of the molecule is c1ccc(-c2ccc(-c3ccc(N(c4cccc(-c5cccc6c5c5ccccc5n6-c5cc6ccccc6c6ccccc56)c4)c4ccccc4-c4ccccc4)cc3)cc2)cc1. The van der Waals surface area contributed by atoms with Crippen LogP contribution in [0.15, 0.2) is 255 Å². The lowest BCUT2D eigenvalue weighted by molar-refractivity contribution is 1.20. The van der Waals surface area contributed by atoms with Crippen molar-refractivity contribution in [3.63, 3.8) is 0 Å². The average Bonchev–Trinajstić information content (AvgIpc) is 3.72. The molecule has 0 aliphatic carbocycles. The molecular formula is C62H42N2. The van der Waals surface area contributed by atoms with Gasteiger partial charge < -0.3 is 9.47 Å². The summed E-state index contributed by atoms with van der Waals surface area (Å²) in [5.74, 6) is 0. The summed E-state index contributed by atoms with van der Waals surface area (Å²) in [4.78, 5) is 2.42. The number of hydrogen-bond donors (Lipinski definition) is 0. The third kappa shape index (κ3) is 6.44. The minimum atomic E-state index is 1.09. The molecule has 11 aromatic carbocycles. The molecule has 0 aliphatic rings. The maximum Gasteiger partial charge on any atom is 0.0547 e. The Bertz CT molecular complexity index is 3640. The first kappa shape index (κ1) is 37.3. The van der Waals surface area contributed by atoms with E-state index >= 15 is 0 Å². The van der Waals surface area contributed by atoms with E-state index in [0.717, 1.165) is 22.6 Å². The van der Waals surface area contributed by atoms with E-state index in [-0.39, 0.29) is 0 Å². The highest BCUT2D eigenvalue weighted by Gasteiger charge is 2.21. The molecule has 0 atom stereocenters. The van der Waals surface area contributed by atoms with Crippen LogP contribution in [-0.2, 0) is 0 Å². The van der Waals surface area contributed by atoms with Crippen LogP contribution in [0.2, 0.25) is 0 Å². The lowest BCUT2D eigenvalue weighted by atomic mass is 9.97. The van der Waals surface area contributed by atoms with Gasteiger partial charge in [0, 0.05) is 33.1 Å². The normalized spacial score (nSPS) is 11.4. The van der Waals surface area contributed by atoms with Crippen LogP contribution in [0.3, 0.4) is 0 Å². The summed E-state index contributed by atoms with van der Waals surface area (Å²) >= 11 is 0. The second-order valence-electron chi connectivity index (χ2n) is 16.5. The van der Waals surface area contributed by atoms with Gasteiger partial charge in [-0.25, -0.2) is 0 Å². The largest absolute Gasteiger partial charge is 0.310 e. The molecule has 0 saturated carbocycles. The van der Waals surface area contributed by atoms with Crippen molar-refractivity contribution in [2.45, 2.75) is 0 Å². The Morgan fingerprint density at radius 1 is 0.281 bits per heavy atom. The van der Waals surface area contributed by atoms with Crippen molar-refractivity contribution in [1.82, 2.24) is 4.57 Å². The quantitative estimate of drug-likeness (QED) is 0.139. The summed E-state index contributed by atoms with van der Waals surface area (Å²) in [7, 11) is 0. The minimum Gasteiger partial charge on any atom is -0.310 e. The van der Waals surface area contributed by atoms with Crippen LogP contribution in [-0.4, -0.2) is 4.57 Å².